The SMILES string of the molecule is CCC1OC2OC3C(CC)OC(OC4C(CC)OC(OC5C(CC)OC(OC6C(CC)OC(OC7C(CC)OC(OC1C(O)C2O)C(O)C7O)C(O)C6O)C(O)C5OCCCC(C)(C)C)C(O)C4O)C(O)C3O.CCCCCC(=O)[C@H](CCCCC(C)(C)C)NC(=O)CCC.CCCOCCCC(=O)CCOCC(COCCC(=O)CCCOCCC)(COCCC(=O)NCCOCCC)NC(C)(C)C. The van der Waals surface area contributed by atoms with Gasteiger partial charge in [0.05, 0.1) is 94.5 Å². The van der Waals surface area contributed by atoms with Crippen molar-refractivity contribution in [2.45, 2.75) is 520 Å². The maximum absolute atomic E-state index is 12.3. The Labute approximate surface area is 834 Å². The number of ether oxygens (including phenoxy) is 19. The lowest BCUT2D eigenvalue weighted by Gasteiger charge is -2.51. The van der Waals surface area contributed by atoms with Gasteiger partial charge in [0.1, 0.15) is 121 Å². The number of hydrogen-bond acceptors (Lipinski definition) is 36. The van der Waals surface area contributed by atoms with Gasteiger partial charge in [0.15, 0.2) is 43.5 Å². The zero-order valence-electron chi connectivity index (χ0n) is 88.3. The summed E-state index contributed by atoms with van der Waals surface area (Å²) in [6.07, 6.45) is -26.5. The van der Waals surface area contributed by atoms with E-state index in [1.54, 1.807) is 41.5 Å². The quantitative estimate of drug-likeness (QED) is 0.0259. The predicted octanol–water partition coefficient (Wildman–Crippen LogP) is 7.76. The molecule has 0 aromatic carbocycles. The molecule has 22 saturated heterocycles. The number of amides is 2. The summed E-state index contributed by atoms with van der Waals surface area (Å²) in [7, 11) is 0. The topological polar surface area (TPSA) is 519 Å². The Morgan fingerprint density at radius 3 is 0.986 bits per heavy atom. The van der Waals surface area contributed by atoms with Crippen LogP contribution in [-0.4, -0.2) is 379 Å². The lowest BCUT2D eigenvalue weighted by molar-refractivity contribution is -0.402. The van der Waals surface area contributed by atoms with E-state index in [1.807, 2.05) is 34.6 Å². The molecule has 0 spiro atoms. The minimum Gasteiger partial charge on any atom is -0.387 e. The number of carbonyl (C=O) groups is 5. The second-order valence-electron chi connectivity index (χ2n) is 41.8. The standard InChI is InChI=1S/C49H86O24.C34H66N2O9.C19H37NO2/c1-10-19-36-25(50)30(55)43(62-19)69-37-20(11-2)64-45(32(57)27(37)52)71-39-22(13-4)66-47(34(59)29(39)54)73-41-24(15-6)67-48(35(60)42(41)61-18-16-17-49(7,8)9)72-40-23(14-5)65-46(33(58)28(40)53)70-38-21(12-3)63-44(68-36)31(56)26(38)51;1-7-18-40-21-10-12-30(37)14-23-43-27-34(36-33(4,5)6,28-44-24-15-31(38)13-11-22-41-19-8-2)29-45-25-16-32(39)35-17-26-42-20-9-3;1-6-8-9-14-17(21)16(20-18(22)12-7-2)13-10-11-15-19(3,4)5/h19-48,50-60H,10-18H2,1-9H3;36H,7-29H2,1-6H3,(H,35,39);16H,6-15H2,1-5H3,(H,20,22)/t;;16-/m..0/s1. The molecule has 0 aromatic heterocycles. The van der Waals surface area contributed by atoms with E-state index in [0.29, 0.717) is 109 Å². The number of hydrogen-bond donors (Lipinski definition) is 14. The van der Waals surface area contributed by atoms with Gasteiger partial charge in [-0.3, -0.25) is 24.0 Å². The van der Waals surface area contributed by atoms with Crippen molar-refractivity contribution in [3.8, 4) is 0 Å². The van der Waals surface area contributed by atoms with Gasteiger partial charge in [-0.05, 0) is 141 Å². The highest BCUT2D eigenvalue weighted by Gasteiger charge is 2.59. The Balaban J connectivity index is 0.000000437. The second-order valence-corrected chi connectivity index (χ2v) is 41.8. The number of aliphatic hydroxyl groups excluding tert-OH is 11. The summed E-state index contributed by atoms with van der Waals surface area (Å²) in [4.78, 5) is 61.1. The first-order valence-electron chi connectivity index (χ1n) is 52.8. The zero-order valence-corrected chi connectivity index (χ0v) is 88.3. The third-order valence-corrected chi connectivity index (χ3v) is 25.7. The van der Waals surface area contributed by atoms with Crippen LogP contribution in [0.2, 0.25) is 0 Å². The molecule has 822 valence electrons. The molecule has 14 N–H and O–H groups in total. The summed E-state index contributed by atoms with van der Waals surface area (Å²) in [6.45, 7) is 45.6. The monoisotopic (exact) mass is 2020 g/mol. The van der Waals surface area contributed by atoms with E-state index in [0.717, 1.165) is 77.0 Å². The first kappa shape index (κ1) is 127. The summed E-state index contributed by atoms with van der Waals surface area (Å²) < 4.78 is 116. The highest BCUT2D eigenvalue weighted by Crippen LogP contribution is 2.42. The lowest BCUT2D eigenvalue weighted by Crippen LogP contribution is -2.68. The first-order chi connectivity index (χ1) is 66.5. The molecule has 12 bridgehead atoms. The van der Waals surface area contributed by atoms with Crippen LogP contribution in [0.3, 0.4) is 0 Å². The molecule has 140 heavy (non-hydrogen) atoms. The van der Waals surface area contributed by atoms with Gasteiger partial charge in [-0.25, -0.2) is 0 Å². The van der Waals surface area contributed by atoms with Crippen molar-refractivity contribution in [2.24, 2.45) is 10.8 Å². The number of Topliss-reactive ketones (excluding diaryl/α,β-unsaturated/α-hetero) is 3. The molecule has 0 aromatic rings. The third kappa shape index (κ3) is 43.3. The van der Waals surface area contributed by atoms with E-state index in [4.69, 9.17) is 90.0 Å². The van der Waals surface area contributed by atoms with E-state index < -0.39 is 190 Å². The van der Waals surface area contributed by atoms with Crippen LogP contribution < -0.4 is 16.0 Å². The molecule has 38 heteroatoms. The van der Waals surface area contributed by atoms with Gasteiger partial charge < -0.3 is 162 Å². The first-order valence-corrected chi connectivity index (χ1v) is 52.8. The van der Waals surface area contributed by atoms with Gasteiger partial charge in [-0.2, -0.15) is 0 Å². The van der Waals surface area contributed by atoms with Crippen LogP contribution >= 0.6 is 0 Å². The molecule has 31 atom stereocenters. The number of aliphatic hydroxyl groups is 11. The maximum atomic E-state index is 12.3. The van der Waals surface area contributed by atoms with E-state index in [9.17, 15) is 80.1 Å². The van der Waals surface area contributed by atoms with Gasteiger partial charge in [-0.1, -0.05) is 143 Å². The molecule has 22 fully saturated rings. The fourth-order valence-electron chi connectivity index (χ4n) is 18.0. The predicted molar refractivity (Wildman–Crippen MR) is 518 cm³/mol. The largest absolute Gasteiger partial charge is 0.387 e. The fraction of sp³-hybridized carbons (Fsp3) is 0.951. The van der Waals surface area contributed by atoms with E-state index in [2.05, 4.69) is 78.3 Å². The van der Waals surface area contributed by atoms with Crippen molar-refractivity contribution in [3.05, 3.63) is 0 Å². The number of unbranched alkanes of at least 4 members (excludes halogenated alkanes) is 3. The van der Waals surface area contributed by atoms with Crippen molar-refractivity contribution in [1.82, 2.24) is 16.0 Å². The Kier molecular flexibility index (Phi) is 60.2. The Bertz CT molecular complexity index is 3240. The van der Waals surface area contributed by atoms with Gasteiger partial charge in [0.25, 0.3) is 0 Å². The van der Waals surface area contributed by atoms with Crippen LogP contribution in [0.5, 0.6) is 0 Å². The third-order valence-electron chi connectivity index (χ3n) is 25.7. The summed E-state index contributed by atoms with van der Waals surface area (Å²) in [5.74, 6) is 0.415. The summed E-state index contributed by atoms with van der Waals surface area (Å²) >= 11 is 0. The van der Waals surface area contributed by atoms with Gasteiger partial charge in [0.2, 0.25) is 11.8 Å². The molecule has 2 amide bonds. The number of ketones is 3. The lowest BCUT2D eigenvalue weighted by atomic mass is 9.88. The van der Waals surface area contributed by atoms with Crippen molar-refractivity contribution in [3.63, 3.8) is 0 Å². The number of rotatable bonds is 55. The van der Waals surface area contributed by atoms with Crippen LogP contribution in [0.4, 0.5) is 0 Å². The van der Waals surface area contributed by atoms with E-state index in [-0.39, 0.29) is 137 Å². The highest BCUT2D eigenvalue weighted by atomic mass is 16.8. The van der Waals surface area contributed by atoms with E-state index >= 15 is 0 Å². The van der Waals surface area contributed by atoms with Crippen molar-refractivity contribution < 1.29 is 170 Å². The molecule has 0 saturated carbocycles. The minimum atomic E-state index is -1.84. The van der Waals surface area contributed by atoms with Crippen LogP contribution in [0.25, 0.3) is 0 Å². The fourth-order valence-corrected chi connectivity index (χ4v) is 18.0. The normalized spacial score (nSPS) is 32.7. The summed E-state index contributed by atoms with van der Waals surface area (Å²) in [5, 5.41) is 138. The van der Waals surface area contributed by atoms with Crippen molar-refractivity contribution in [2.75, 3.05) is 92.4 Å². The second kappa shape index (κ2) is 66.3. The molecule has 38 nitrogen and oxygen atoms in total. The zero-order chi connectivity index (χ0) is 104. The van der Waals surface area contributed by atoms with Gasteiger partial charge in [0, 0.05) is 96.7 Å². The molecule has 30 unspecified atom stereocenters. The van der Waals surface area contributed by atoms with Crippen LogP contribution in [0, 0.1) is 10.8 Å². The summed E-state index contributed by atoms with van der Waals surface area (Å²) in [6, 6.07) is -0.268. The summed E-state index contributed by atoms with van der Waals surface area (Å²) in [5.41, 5.74) is -0.769. The Hall–Kier alpha value is -3.29. The molecular weight excluding hydrogens is 1830 g/mol. The average Bonchev–Trinajstić information content (AvgIpc) is 0.766. The average molecular weight is 2020 g/mol. The van der Waals surface area contributed by atoms with Gasteiger partial charge >= 0.3 is 0 Å². The molecule has 22 heterocycles. The smallest absolute Gasteiger partial charge is 0.222 e. The molecule has 0 radical (unpaired) electrons. The van der Waals surface area contributed by atoms with Crippen LogP contribution in [-0.2, 0) is 114 Å². The van der Waals surface area contributed by atoms with Crippen LogP contribution in [0.1, 0.15) is 318 Å². The number of nitrogens with one attached hydrogen (secondary N) is 3. The highest BCUT2D eigenvalue weighted by molar-refractivity contribution is 5.89. The van der Waals surface area contributed by atoms with Crippen molar-refractivity contribution >= 4 is 29.2 Å². The van der Waals surface area contributed by atoms with Gasteiger partial charge in [-0.15, -0.1) is 0 Å². The number of carbonyl (C=O) groups excluding carboxylic acids is 5. The molecular formula is C102H189N3O35. The molecule has 0 aliphatic carbocycles. The van der Waals surface area contributed by atoms with Crippen LogP contribution in [0.15, 0.2) is 0 Å². The van der Waals surface area contributed by atoms with E-state index in [1.165, 1.54) is 0 Å². The molecule has 22 rings (SSSR count). The van der Waals surface area contributed by atoms with Crippen molar-refractivity contribution in [1.29, 1.82) is 0 Å². The minimum absolute atomic E-state index is 0.0205. The molecule has 22 aliphatic rings. The Morgan fingerprint density at radius 1 is 0.300 bits per heavy atom. The maximum Gasteiger partial charge on any atom is 0.222 e. The molecule has 22 aliphatic heterocycles. The Morgan fingerprint density at radius 2 is 0.643 bits per heavy atom.